The van der Waals surface area contributed by atoms with Crippen molar-refractivity contribution in [3.63, 3.8) is 0 Å². The molecule has 0 aliphatic rings. The topological polar surface area (TPSA) is 42.0 Å². The zero-order valence-electron chi connectivity index (χ0n) is 13.9. The maximum atomic E-state index is 11.9. The van der Waals surface area contributed by atoms with Gasteiger partial charge in [-0.25, -0.2) is 4.98 Å². The van der Waals surface area contributed by atoms with Crippen LogP contribution in [0.2, 0.25) is 0 Å². The molecule has 0 unspecified atom stereocenters. The van der Waals surface area contributed by atoms with Crippen molar-refractivity contribution in [3.8, 4) is 10.4 Å². The van der Waals surface area contributed by atoms with Crippen LogP contribution in [0.5, 0.6) is 0 Å². The molecule has 3 nitrogen and oxygen atoms in total. The van der Waals surface area contributed by atoms with Gasteiger partial charge in [0.05, 0.1) is 4.88 Å². The molecule has 0 bridgehead atoms. The minimum absolute atomic E-state index is 0.0764. The Kier molecular flexibility index (Phi) is 7.81. The second kappa shape index (κ2) is 10.2. The molecule has 2 rings (SSSR count). The van der Waals surface area contributed by atoms with Gasteiger partial charge in [-0.15, -0.1) is 0 Å². The van der Waals surface area contributed by atoms with E-state index in [9.17, 15) is 4.79 Å². The normalized spacial score (nSPS) is 10.7. The van der Waals surface area contributed by atoms with Crippen LogP contribution in [0.4, 0.5) is 5.13 Å². The summed E-state index contributed by atoms with van der Waals surface area (Å²) in [5, 5.41) is 3.60. The van der Waals surface area contributed by atoms with E-state index >= 15 is 0 Å². The molecule has 1 N–H and O–H groups in total. The fourth-order valence-electron chi connectivity index (χ4n) is 2.49. The highest BCUT2D eigenvalue weighted by molar-refractivity contribution is 7.19. The van der Waals surface area contributed by atoms with Crippen molar-refractivity contribution < 1.29 is 4.79 Å². The first-order valence-corrected chi connectivity index (χ1v) is 9.42. The number of carbonyl (C=O) groups excluding carboxylic acids is 1. The van der Waals surface area contributed by atoms with Gasteiger partial charge in [0.25, 0.3) is 0 Å². The number of amides is 1. The van der Waals surface area contributed by atoms with E-state index in [0.717, 1.165) is 23.3 Å². The summed E-state index contributed by atoms with van der Waals surface area (Å²) in [7, 11) is 0. The zero-order valence-corrected chi connectivity index (χ0v) is 14.7. The minimum Gasteiger partial charge on any atom is -0.302 e. The fourth-order valence-corrected chi connectivity index (χ4v) is 3.33. The second-order valence-electron chi connectivity index (χ2n) is 5.82. The molecular weight excluding hydrogens is 304 g/mol. The van der Waals surface area contributed by atoms with Gasteiger partial charge in [0.2, 0.25) is 5.91 Å². The number of hydrogen-bond donors (Lipinski definition) is 1. The fraction of sp³-hybridized carbons (Fsp3) is 0.474. The molecule has 0 fully saturated rings. The van der Waals surface area contributed by atoms with E-state index in [4.69, 9.17) is 0 Å². The van der Waals surface area contributed by atoms with Gasteiger partial charge in [0.15, 0.2) is 5.13 Å². The Labute approximate surface area is 143 Å². The van der Waals surface area contributed by atoms with Gasteiger partial charge in [-0.2, -0.15) is 0 Å². The first kappa shape index (κ1) is 17.7. The summed E-state index contributed by atoms with van der Waals surface area (Å²) in [4.78, 5) is 17.3. The molecule has 1 amide bonds. The van der Waals surface area contributed by atoms with Crippen LogP contribution in [-0.4, -0.2) is 10.9 Å². The predicted molar refractivity (Wildman–Crippen MR) is 98.8 cm³/mol. The van der Waals surface area contributed by atoms with Crippen molar-refractivity contribution in [2.24, 2.45) is 0 Å². The Morgan fingerprint density at radius 3 is 2.48 bits per heavy atom. The van der Waals surface area contributed by atoms with Crippen molar-refractivity contribution >= 4 is 22.4 Å². The zero-order chi connectivity index (χ0) is 16.3. The Morgan fingerprint density at radius 1 is 1.04 bits per heavy atom. The van der Waals surface area contributed by atoms with Gasteiger partial charge in [-0.3, -0.25) is 4.79 Å². The molecule has 0 aliphatic carbocycles. The number of unbranched alkanes of at least 4 members (excludes halogenated alkanes) is 6. The lowest BCUT2D eigenvalue weighted by Gasteiger charge is -2.02. The molecule has 2 aromatic rings. The third kappa shape index (κ3) is 6.53. The number of nitrogens with one attached hydrogen (secondary N) is 1. The van der Waals surface area contributed by atoms with E-state index in [1.165, 1.54) is 43.4 Å². The second-order valence-corrected chi connectivity index (χ2v) is 6.85. The van der Waals surface area contributed by atoms with E-state index in [1.54, 1.807) is 0 Å². The molecule has 0 atom stereocenters. The summed E-state index contributed by atoms with van der Waals surface area (Å²) in [6, 6.07) is 10.1. The maximum Gasteiger partial charge on any atom is 0.226 e. The van der Waals surface area contributed by atoms with Crippen LogP contribution in [0.3, 0.4) is 0 Å². The molecule has 0 saturated heterocycles. The third-order valence-electron chi connectivity index (χ3n) is 3.82. The molecule has 1 heterocycles. The summed E-state index contributed by atoms with van der Waals surface area (Å²) < 4.78 is 0. The number of nitrogens with zero attached hydrogens (tertiary/aromatic N) is 1. The highest BCUT2D eigenvalue weighted by Gasteiger charge is 2.07. The van der Waals surface area contributed by atoms with E-state index in [0.29, 0.717) is 11.6 Å². The number of benzene rings is 1. The Hall–Kier alpha value is -1.68. The van der Waals surface area contributed by atoms with Crippen molar-refractivity contribution in [1.29, 1.82) is 0 Å². The van der Waals surface area contributed by atoms with Gasteiger partial charge >= 0.3 is 0 Å². The highest BCUT2D eigenvalue weighted by atomic mass is 32.1. The number of rotatable bonds is 10. The van der Waals surface area contributed by atoms with Gasteiger partial charge in [0.1, 0.15) is 0 Å². The monoisotopic (exact) mass is 330 g/mol. The quantitative estimate of drug-likeness (QED) is 0.552. The molecular formula is C19H26N2OS. The molecule has 0 spiro atoms. The smallest absolute Gasteiger partial charge is 0.226 e. The number of anilines is 1. The average molecular weight is 330 g/mol. The summed E-state index contributed by atoms with van der Waals surface area (Å²) in [6.07, 6.45) is 11.0. The van der Waals surface area contributed by atoms with Crippen LogP contribution in [0.25, 0.3) is 10.4 Å². The number of thiazole rings is 1. The average Bonchev–Trinajstić information content (AvgIpc) is 3.03. The molecule has 4 heteroatoms. The lowest BCUT2D eigenvalue weighted by atomic mass is 10.1. The molecule has 23 heavy (non-hydrogen) atoms. The summed E-state index contributed by atoms with van der Waals surface area (Å²) >= 11 is 1.52. The molecule has 1 aromatic carbocycles. The number of hydrogen-bond acceptors (Lipinski definition) is 3. The summed E-state index contributed by atoms with van der Waals surface area (Å²) in [5.41, 5.74) is 1.14. The van der Waals surface area contributed by atoms with Crippen LogP contribution in [0.1, 0.15) is 58.3 Å². The van der Waals surface area contributed by atoms with Crippen LogP contribution in [0.15, 0.2) is 36.5 Å². The highest BCUT2D eigenvalue weighted by Crippen LogP contribution is 2.28. The SMILES string of the molecule is CCCCCCCCCC(=O)Nc1ncc(-c2ccccc2)s1. The predicted octanol–water partition coefficient (Wildman–Crippen LogP) is 5.89. The van der Waals surface area contributed by atoms with E-state index in [1.807, 2.05) is 24.4 Å². The number of aromatic nitrogens is 1. The van der Waals surface area contributed by atoms with E-state index in [2.05, 4.69) is 29.4 Å². The van der Waals surface area contributed by atoms with Crippen LogP contribution >= 0.6 is 11.3 Å². The largest absolute Gasteiger partial charge is 0.302 e. The summed E-state index contributed by atoms with van der Waals surface area (Å²) in [5.74, 6) is 0.0764. The Morgan fingerprint density at radius 2 is 1.74 bits per heavy atom. The Bertz CT molecular complexity index is 580. The van der Waals surface area contributed by atoms with Crippen LogP contribution < -0.4 is 5.32 Å². The van der Waals surface area contributed by atoms with Crippen molar-refractivity contribution in [2.45, 2.75) is 58.3 Å². The maximum absolute atomic E-state index is 11.9. The lowest BCUT2D eigenvalue weighted by molar-refractivity contribution is -0.116. The van der Waals surface area contributed by atoms with Gasteiger partial charge in [-0.05, 0) is 12.0 Å². The third-order valence-corrected chi connectivity index (χ3v) is 4.78. The first-order chi connectivity index (χ1) is 11.3. The number of carbonyl (C=O) groups is 1. The van der Waals surface area contributed by atoms with Gasteiger partial charge in [-0.1, -0.05) is 87.1 Å². The Balaban J connectivity index is 1.67. The first-order valence-electron chi connectivity index (χ1n) is 8.60. The minimum atomic E-state index is 0.0764. The van der Waals surface area contributed by atoms with Gasteiger partial charge in [0, 0.05) is 12.6 Å². The molecule has 0 radical (unpaired) electrons. The van der Waals surface area contributed by atoms with Crippen LogP contribution in [-0.2, 0) is 4.79 Å². The van der Waals surface area contributed by atoms with Gasteiger partial charge < -0.3 is 5.32 Å². The lowest BCUT2D eigenvalue weighted by Crippen LogP contribution is -2.10. The molecule has 0 aliphatic heterocycles. The van der Waals surface area contributed by atoms with E-state index in [-0.39, 0.29) is 5.91 Å². The van der Waals surface area contributed by atoms with Crippen molar-refractivity contribution in [2.75, 3.05) is 5.32 Å². The molecule has 124 valence electrons. The molecule has 1 aromatic heterocycles. The van der Waals surface area contributed by atoms with Crippen molar-refractivity contribution in [3.05, 3.63) is 36.5 Å². The standard InChI is InChI=1S/C19H26N2OS/c1-2-3-4-5-6-7-11-14-18(22)21-19-20-15-17(23-19)16-12-9-8-10-13-16/h8-10,12-13,15H,2-7,11,14H2,1H3,(H,20,21,22). The van der Waals surface area contributed by atoms with Crippen molar-refractivity contribution in [1.82, 2.24) is 4.98 Å². The molecule has 0 saturated carbocycles. The van der Waals surface area contributed by atoms with E-state index < -0.39 is 0 Å². The summed E-state index contributed by atoms with van der Waals surface area (Å²) in [6.45, 7) is 2.23. The van der Waals surface area contributed by atoms with Crippen LogP contribution in [0, 0.1) is 0 Å².